The van der Waals surface area contributed by atoms with Crippen LogP contribution in [0.25, 0.3) is 0 Å². The zero-order chi connectivity index (χ0) is 13.0. The standard InChI is InChI=1S/C14H18BrNO2/c15-13-3-1-2-11(8-13)4-5-14(18)16-7-6-12(9-16)10-17/h1-3,8,12,17H,4-7,9-10H2. The monoisotopic (exact) mass is 311 g/mol. The van der Waals surface area contributed by atoms with Gasteiger partial charge in [-0.15, -0.1) is 0 Å². The molecular formula is C14H18BrNO2. The Morgan fingerprint density at radius 2 is 2.33 bits per heavy atom. The van der Waals surface area contributed by atoms with E-state index in [4.69, 9.17) is 5.11 Å². The highest BCUT2D eigenvalue weighted by Gasteiger charge is 2.25. The molecule has 1 unspecified atom stereocenters. The summed E-state index contributed by atoms with van der Waals surface area (Å²) in [6.45, 7) is 1.70. The fourth-order valence-corrected chi connectivity index (χ4v) is 2.76. The number of hydrogen-bond acceptors (Lipinski definition) is 2. The van der Waals surface area contributed by atoms with Gasteiger partial charge in [0, 0.05) is 36.5 Å². The lowest BCUT2D eigenvalue weighted by Gasteiger charge is -2.16. The molecule has 1 heterocycles. The van der Waals surface area contributed by atoms with Gasteiger partial charge in [0.1, 0.15) is 0 Å². The van der Waals surface area contributed by atoms with Crippen molar-refractivity contribution in [3.05, 3.63) is 34.3 Å². The van der Waals surface area contributed by atoms with Gasteiger partial charge in [-0.2, -0.15) is 0 Å². The van der Waals surface area contributed by atoms with Crippen LogP contribution in [0.15, 0.2) is 28.7 Å². The van der Waals surface area contributed by atoms with Gasteiger partial charge in [-0.3, -0.25) is 4.79 Å². The molecule has 2 rings (SSSR count). The van der Waals surface area contributed by atoms with Crippen LogP contribution in [0.4, 0.5) is 0 Å². The molecule has 1 aliphatic heterocycles. The highest BCUT2D eigenvalue weighted by atomic mass is 79.9. The molecule has 0 bridgehead atoms. The van der Waals surface area contributed by atoms with E-state index in [-0.39, 0.29) is 18.4 Å². The molecule has 4 heteroatoms. The second kappa shape index (κ2) is 6.34. The summed E-state index contributed by atoms with van der Waals surface area (Å²) >= 11 is 3.43. The van der Waals surface area contributed by atoms with Crippen LogP contribution >= 0.6 is 15.9 Å². The molecule has 3 nitrogen and oxygen atoms in total. The van der Waals surface area contributed by atoms with Crippen LogP contribution in [0, 0.1) is 5.92 Å². The zero-order valence-electron chi connectivity index (χ0n) is 10.3. The van der Waals surface area contributed by atoms with E-state index in [2.05, 4.69) is 15.9 Å². The molecule has 1 aliphatic rings. The lowest BCUT2D eigenvalue weighted by molar-refractivity contribution is -0.130. The Hall–Kier alpha value is -0.870. The van der Waals surface area contributed by atoms with Crippen LogP contribution < -0.4 is 0 Å². The Labute approximate surface area is 116 Å². The SMILES string of the molecule is O=C(CCc1cccc(Br)c1)N1CCC(CO)C1. The number of rotatable bonds is 4. The number of halogens is 1. The van der Waals surface area contributed by atoms with Gasteiger partial charge >= 0.3 is 0 Å². The smallest absolute Gasteiger partial charge is 0.222 e. The fourth-order valence-electron chi connectivity index (χ4n) is 2.31. The third-order valence-electron chi connectivity index (χ3n) is 3.41. The van der Waals surface area contributed by atoms with Crippen molar-refractivity contribution >= 4 is 21.8 Å². The molecule has 98 valence electrons. The number of nitrogens with zero attached hydrogens (tertiary/aromatic N) is 1. The summed E-state index contributed by atoms with van der Waals surface area (Å²) in [7, 11) is 0. The van der Waals surface area contributed by atoms with Gasteiger partial charge in [0.15, 0.2) is 0 Å². The van der Waals surface area contributed by atoms with Gasteiger partial charge in [0.2, 0.25) is 5.91 Å². The van der Waals surface area contributed by atoms with Gasteiger partial charge in [0.05, 0.1) is 0 Å². The van der Waals surface area contributed by atoms with Crippen LogP contribution in [0.3, 0.4) is 0 Å². The Balaban J connectivity index is 1.82. The maximum atomic E-state index is 12.0. The first-order chi connectivity index (χ1) is 8.69. The topological polar surface area (TPSA) is 40.5 Å². The summed E-state index contributed by atoms with van der Waals surface area (Å²) in [5.74, 6) is 0.478. The number of carbonyl (C=O) groups excluding carboxylic acids is 1. The predicted molar refractivity (Wildman–Crippen MR) is 74.2 cm³/mol. The number of aliphatic hydroxyl groups is 1. The van der Waals surface area contributed by atoms with Crippen molar-refractivity contribution in [3.8, 4) is 0 Å². The van der Waals surface area contributed by atoms with Crippen molar-refractivity contribution in [3.63, 3.8) is 0 Å². The minimum absolute atomic E-state index is 0.190. The molecule has 0 saturated carbocycles. The summed E-state index contributed by atoms with van der Waals surface area (Å²) in [6, 6.07) is 8.06. The third kappa shape index (κ3) is 3.56. The fraction of sp³-hybridized carbons (Fsp3) is 0.500. The van der Waals surface area contributed by atoms with E-state index in [1.807, 2.05) is 29.2 Å². The summed E-state index contributed by atoms with van der Waals surface area (Å²) in [4.78, 5) is 13.9. The van der Waals surface area contributed by atoms with Crippen molar-refractivity contribution in [1.29, 1.82) is 0 Å². The number of aliphatic hydroxyl groups excluding tert-OH is 1. The maximum absolute atomic E-state index is 12.0. The quantitative estimate of drug-likeness (QED) is 0.926. The van der Waals surface area contributed by atoms with E-state index < -0.39 is 0 Å². The third-order valence-corrected chi connectivity index (χ3v) is 3.91. The molecule has 0 aliphatic carbocycles. The average molecular weight is 312 g/mol. The molecular weight excluding hydrogens is 294 g/mol. The first-order valence-electron chi connectivity index (χ1n) is 6.32. The number of aryl methyl sites for hydroxylation is 1. The highest BCUT2D eigenvalue weighted by molar-refractivity contribution is 9.10. The van der Waals surface area contributed by atoms with Crippen molar-refractivity contribution in [2.45, 2.75) is 19.3 Å². The van der Waals surface area contributed by atoms with Gasteiger partial charge in [-0.1, -0.05) is 28.1 Å². The normalized spacial score (nSPS) is 19.2. The van der Waals surface area contributed by atoms with Crippen molar-refractivity contribution in [1.82, 2.24) is 4.90 Å². The molecule has 1 N–H and O–H groups in total. The Morgan fingerprint density at radius 3 is 3.00 bits per heavy atom. The number of hydrogen-bond donors (Lipinski definition) is 1. The van der Waals surface area contributed by atoms with Gasteiger partial charge in [-0.25, -0.2) is 0 Å². The van der Waals surface area contributed by atoms with E-state index in [0.717, 1.165) is 23.9 Å². The Morgan fingerprint density at radius 1 is 1.50 bits per heavy atom. The Kier molecular flexibility index (Phi) is 4.78. The number of carbonyl (C=O) groups is 1. The van der Waals surface area contributed by atoms with Gasteiger partial charge in [-0.05, 0) is 30.5 Å². The lowest BCUT2D eigenvalue weighted by Crippen LogP contribution is -2.29. The summed E-state index contributed by atoms with van der Waals surface area (Å²) in [5, 5.41) is 9.06. The number of likely N-dealkylation sites (tertiary alicyclic amines) is 1. The van der Waals surface area contributed by atoms with Crippen LogP contribution in [0.5, 0.6) is 0 Å². The van der Waals surface area contributed by atoms with Crippen molar-refractivity contribution in [2.24, 2.45) is 5.92 Å². The molecule has 18 heavy (non-hydrogen) atoms. The van der Waals surface area contributed by atoms with Crippen LogP contribution in [-0.4, -0.2) is 35.6 Å². The minimum atomic E-state index is 0.190. The van der Waals surface area contributed by atoms with Gasteiger partial charge in [0.25, 0.3) is 0 Å². The highest BCUT2D eigenvalue weighted by Crippen LogP contribution is 2.18. The minimum Gasteiger partial charge on any atom is -0.396 e. The molecule has 0 spiro atoms. The van der Waals surface area contributed by atoms with Crippen LogP contribution in [0.2, 0.25) is 0 Å². The Bertz CT molecular complexity index is 422. The molecule has 0 aromatic heterocycles. The maximum Gasteiger partial charge on any atom is 0.222 e. The second-order valence-corrected chi connectivity index (χ2v) is 5.72. The molecule has 1 aromatic carbocycles. The molecule has 1 aromatic rings. The van der Waals surface area contributed by atoms with E-state index >= 15 is 0 Å². The largest absolute Gasteiger partial charge is 0.396 e. The average Bonchev–Trinajstić information content (AvgIpc) is 2.85. The first-order valence-corrected chi connectivity index (χ1v) is 7.11. The van der Waals surface area contributed by atoms with Crippen LogP contribution in [0.1, 0.15) is 18.4 Å². The molecule has 0 radical (unpaired) electrons. The molecule has 1 amide bonds. The number of amides is 1. The summed E-state index contributed by atoms with van der Waals surface area (Å²) < 4.78 is 1.05. The van der Waals surface area contributed by atoms with Crippen molar-refractivity contribution in [2.75, 3.05) is 19.7 Å². The first kappa shape index (κ1) is 13.6. The molecule has 1 atom stereocenters. The van der Waals surface area contributed by atoms with E-state index in [1.54, 1.807) is 0 Å². The van der Waals surface area contributed by atoms with E-state index in [0.29, 0.717) is 13.0 Å². The van der Waals surface area contributed by atoms with Crippen LogP contribution in [-0.2, 0) is 11.2 Å². The molecule has 1 saturated heterocycles. The number of benzene rings is 1. The predicted octanol–water partition coefficient (Wildman–Crippen LogP) is 2.22. The van der Waals surface area contributed by atoms with Gasteiger partial charge < -0.3 is 10.0 Å². The lowest BCUT2D eigenvalue weighted by atomic mass is 10.1. The zero-order valence-corrected chi connectivity index (χ0v) is 11.9. The summed E-state index contributed by atoms with van der Waals surface area (Å²) in [5.41, 5.74) is 1.18. The second-order valence-electron chi connectivity index (χ2n) is 4.81. The summed E-state index contributed by atoms with van der Waals surface area (Å²) in [6.07, 6.45) is 2.26. The van der Waals surface area contributed by atoms with E-state index in [9.17, 15) is 4.79 Å². The van der Waals surface area contributed by atoms with E-state index in [1.165, 1.54) is 5.56 Å². The molecule has 1 fully saturated rings. The van der Waals surface area contributed by atoms with Crippen molar-refractivity contribution < 1.29 is 9.90 Å².